The second-order valence-corrected chi connectivity index (χ2v) is 8.83. The zero-order chi connectivity index (χ0) is 24.9. The van der Waals surface area contributed by atoms with E-state index in [1.165, 1.54) is 0 Å². The first-order valence-electron chi connectivity index (χ1n) is 12.0. The molecule has 4 aromatic rings. The number of hydrogen-bond acceptors (Lipinski definition) is 5. The first-order chi connectivity index (χ1) is 17.6. The Morgan fingerprint density at radius 1 is 0.750 bits per heavy atom. The third kappa shape index (κ3) is 5.10. The third-order valence-electron chi connectivity index (χ3n) is 6.48. The number of anilines is 2. The Bertz CT molecular complexity index is 1280. The van der Waals surface area contributed by atoms with Crippen molar-refractivity contribution >= 4 is 17.5 Å². The highest BCUT2D eigenvalue weighted by atomic mass is 16.5. The summed E-state index contributed by atoms with van der Waals surface area (Å²) in [6, 6.07) is 33.2. The second-order valence-electron chi connectivity index (χ2n) is 8.83. The molecule has 182 valence electrons. The van der Waals surface area contributed by atoms with Crippen LogP contribution in [-0.4, -0.2) is 35.6 Å². The van der Waals surface area contributed by atoms with Crippen molar-refractivity contribution in [1.29, 1.82) is 0 Å². The van der Waals surface area contributed by atoms with Crippen LogP contribution in [0.2, 0.25) is 0 Å². The molecule has 0 aliphatic heterocycles. The number of alkyl carbamates (subject to hydrolysis) is 1. The van der Waals surface area contributed by atoms with Crippen molar-refractivity contribution in [1.82, 2.24) is 5.32 Å². The molecule has 0 spiro atoms. The smallest absolute Gasteiger partial charge is 0.407 e. The van der Waals surface area contributed by atoms with E-state index in [4.69, 9.17) is 4.74 Å². The van der Waals surface area contributed by atoms with Gasteiger partial charge < -0.3 is 25.6 Å². The van der Waals surface area contributed by atoms with E-state index in [9.17, 15) is 15.0 Å². The normalized spacial score (nSPS) is 13.8. The number of nitrogens with one attached hydrogen (secondary N) is 2. The summed E-state index contributed by atoms with van der Waals surface area (Å²) >= 11 is 0. The van der Waals surface area contributed by atoms with E-state index < -0.39 is 18.3 Å². The average Bonchev–Trinajstić information content (AvgIpc) is 3.25. The number of hydrogen-bond donors (Lipinski definition) is 4. The van der Waals surface area contributed by atoms with Crippen LogP contribution in [0.4, 0.5) is 16.2 Å². The molecule has 0 fully saturated rings. The summed E-state index contributed by atoms with van der Waals surface area (Å²) < 4.78 is 5.50. The number of aliphatic hydroxyl groups excluding tert-OH is 2. The van der Waals surface area contributed by atoms with Crippen LogP contribution in [0.15, 0.2) is 103 Å². The molecule has 1 aliphatic rings. The number of aliphatic hydroxyl groups is 2. The second kappa shape index (κ2) is 10.6. The molecule has 0 bridgehead atoms. The molecule has 0 radical (unpaired) electrons. The van der Waals surface area contributed by atoms with Crippen LogP contribution in [-0.2, 0) is 4.74 Å². The monoisotopic (exact) mass is 480 g/mol. The Balaban J connectivity index is 1.13. The highest BCUT2D eigenvalue weighted by Crippen LogP contribution is 2.44. The number of carbonyl (C=O) groups excluding carboxylic acids is 1. The summed E-state index contributed by atoms with van der Waals surface area (Å²) in [4.78, 5) is 12.4. The molecule has 36 heavy (non-hydrogen) atoms. The third-order valence-corrected chi connectivity index (χ3v) is 6.48. The standard InChI is InChI=1S/C30H28N2O4/c33-28(29(34)20-14-16-22(17-15-20)32-21-8-2-1-3-9-21)18-31-30(35)36-19-27-25-12-6-4-10-23(25)24-11-5-7-13-26(24)27/h1-17,27-29,32-34H,18-19H2,(H,31,35). The number of fused-ring (bicyclic) bond motifs is 3. The van der Waals surface area contributed by atoms with Gasteiger partial charge >= 0.3 is 6.09 Å². The van der Waals surface area contributed by atoms with Gasteiger partial charge in [0.1, 0.15) is 18.8 Å². The van der Waals surface area contributed by atoms with E-state index in [-0.39, 0.29) is 19.1 Å². The molecule has 0 saturated heterocycles. The molecule has 2 atom stereocenters. The molecule has 1 aliphatic carbocycles. The Morgan fingerprint density at radius 2 is 1.31 bits per heavy atom. The van der Waals surface area contributed by atoms with Crippen LogP contribution in [0.1, 0.15) is 28.7 Å². The molecule has 2 unspecified atom stereocenters. The molecule has 0 saturated carbocycles. The van der Waals surface area contributed by atoms with Crippen molar-refractivity contribution in [3.05, 3.63) is 120 Å². The van der Waals surface area contributed by atoms with E-state index in [0.29, 0.717) is 5.56 Å². The van der Waals surface area contributed by atoms with Gasteiger partial charge in [-0.15, -0.1) is 0 Å². The summed E-state index contributed by atoms with van der Waals surface area (Å²) in [7, 11) is 0. The largest absolute Gasteiger partial charge is 0.449 e. The van der Waals surface area contributed by atoms with Crippen LogP contribution >= 0.6 is 0 Å². The number of para-hydroxylation sites is 1. The van der Waals surface area contributed by atoms with Crippen LogP contribution in [0, 0.1) is 0 Å². The lowest BCUT2D eigenvalue weighted by Crippen LogP contribution is -2.36. The fourth-order valence-corrected chi connectivity index (χ4v) is 4.62. The summed E-state index contributed by atoms with van der Waals surface area (Å²) in [5, 5.41) is 26.8. The van der Waals surface area contributed by atoms with Crippen LogP contribution in [0.5, 0.6) is 0 Å². The van der Waals surface area contributed by atoms with Gasteiger partial charge in [0.2, 0.25) is 0 Å². The van der Waals surface area contributed by atoms with Crippen LogP contribution in [0.3, 0.4) is 0 Å². The minimum atomic E-state index is -1.18. The molecule has 0 aromatic heterocycles. The lowest BCUT2D eigenvalue weighted by atomic mass is 9.98. The summed E-state index contributed by atoms with van der Waals surface area (Å²) in [5.74, 6) is -0.0401. The Kier molecular flexibility index (Phi) is 6.98. The van der Waals surface area contributed by atoms with E-state index in [0.717, 1.165) is 33.6 Å². The molecular formula is C30H28N2O4. The molecule has 6 nitrogen and oxygen atoms in total. The Hall–Kier alpha value is -4.13. The summed E-state index contributed by atoms with van der Waals surface area (Å²) in [5.41, 5.74) is 6.95. The highest BCUT2D eigenvalue weighted by molar-refractivity contribution is 5.79. The summed E-state index contributed by atoms with van der Waals surface area (Å²) in [6.07, 6.45) is -2.96. The lowest BCUT2D eigenvalue weighted by molar-refractivity contribution is 0.0185. The van der Waals surface area contributed by atoms with Gasteiger partial charge in [-0.3, -0.25) is 0 Å². The maximum atomic E-state index is 12.4. The van der Waals surface area contributed by atoms with E-state index in [1.54, 1.807) is 12.1 Å². The van der Waals surface area contributed by atoms with E-state index in [2.05, 4.69) is 34.9 Å². The van der Waals surface area contributed by atoms with Crippen molar-refractivity contribution in [3.63, 3.8) is 0 Å². The van der Waals surface area contributed by atoms with Gasteiger partial charge in [-0.2, -0.15) is 0 Å². The SMILES string of the molecule is O=C(NCC(O)C(O)c1ccc(Nc2ccccc2)cc1)OCC1c2ccccc2-c2ccccc21. The summed E-state index contributed by atoms with van der Waals surface area (Å²) in [6.45, 7) is 0.0518. The zero-order valence-corrected chi connectivity index (χ0v) is 19.7. The van der Waals surface area contributed by atoms with Crippen molar-refractivity contribution < 1.29 is 19.7 Å². The number of ether oxygens (including phenoxy) is 1. The van der Waals surface area contributed by atoms with Gasteiger partial charge in [0.15, 0.2) is 0 Å². The molecule has 4 N–H and O–H groups in total. The molecule has 5 rings (SSSR count). The number of benzene rings is 4. The maximum absolute atomic E-state index is 12.4. The average molecular weight is 481 g/mol. The molecule has 4 aromatic carbocycles. The topological polar surface area (TPSA) is 90.8 Å². The van der Waals surface area contributed by atoms with Crippen LogP contribution < -0.4 is 10.6 Å². The maximum Gasteiger partial charge on any atom is 0.407 e. The highest BCUT2D eigenvalue weighted by Gasteiger charge is 2.29. The van der Waals surface area contributed by atoms with Crippen molar-refractivity contribution in [3.8, 4) is 11.1 Å². The van der Waals surface area contributed by atoms with E-state index >= 15 is 0 Å². The van der Waals surface area contributed by atoms with Gasteiger partial charge in [-0.1, -0.05) is 78.9 Å². The molecule has 0 heterocycles. The van der Waals surface area contributed by atoms with Gasteiger partial charge in [-0.05, 0) is 52.1 Å². The molecule has 1 amide bonds. The lowest BCUT2D eigenvalue weighted by Gasteiger charge is -2.20. The van der Waals surface area contributed by atoms with Crippen molar-refractivity contribution in [2.75, 3.05) is 18.5 Å². The van der Waals surface area contributed by atoms with Gasteiger partial charge in [-0.25, -0.2) is 4.79 Å². The number of carbonyl (C=O) groups is 1. The quantitative estimate of drug-likeness (QED) is 0.272. The zero-order valence-electron chi connectivity index (χ0n) is 19.7. The minimum absolute atomic E-state index is 0.0401. The predicted octanol–water partition coefficient (Wildman–Crippen LogP) is 5.36. The van der Waals surface area contributed by atoms with E-state index in [1.807, 2.05) is 66.7 Å². The number of rotatable bonds is 8. The van der Waals surface area contributed by atoms with Gasteiger partial charge in [0.05, 0.1) is 0 Å². The Labute approximate surface area is 210 Å². The van der Waals surface area contributed by atoms with Crippen molar-refractivity contribution in [2.45, 2.75) is 18.1 Å². The minimum Gasteiger partial charge on any atom is -0.449 e. The van der Waals surface area contributed by atoms with Gasteiger partial charge in [0.25, 0.3) is 0 Å². The first kappa shape index (κ1) is 23.6. The van der Waals surface area contributed by atoms with Crippen molar-refractivity contribution in [2.24, 2.45) is 0 Å². The van der Waals surface area contributed by atoms with Gasteiger partial charge in [0, 0.05) is 23.8 Å². The molecule has 6 heteroatoms. The number of amides is 1. The fraction of sp³-hybridized carbons (Fsp3) is 0.167. The fourth-order valence-electron chi connectivity index (χ4n) is 4.62. The van der Waals surface area contributed by atoms with Crippen LogP contribution in [0.25, 0.3) is 11.1 Å². The first-order valence-corrected chi connectivity index (χ1v) is 12.0. The molecular weight excluding hydrogens is 452 g/mol. The Morgan fingerprint density at radius 3 is 1.94 bits per heavy atom. The predicted molar refractivity (Wildman–Crippen MR) is 140 cm³/mol.